The quantitative estimate of drug-likeness (QED) is 0.892. The summed E-state index contributed by atoms with van der Waals surface area (Å²) in [4.78, 5) is 14.7. The highest BCUT2D eigenvalue weighted by atomic mass is 16.5. The van der Waals surface area contributed by atoms with Gasteiger partial charge in [0.05, 0.1) is 5.60 Å². The first-order chi connectivity index (χ1) is 12.1. The molecule has 0 bridgehead atoms. The molecule has 0 aromatic carbocycles. The van der Waals surface area contributed by atoms with E-state index in [9.17, 15) is 4.79 Å². The monoisotopic (exact) mass is 345 g/mol. The van der Waals surface area contributed by atoms with Crippen LogP contribution in [-0.2, 0) is 23.1 Å². The number of hydrogen-bond acceptors (Lipinski definition) is 3. The van der Waals surface area contributed by atoms with Gasteiger partial charge in [-0.15, -0.1) is 0 Å². The SMILES string of the molecule is Cn1cccc1CN1CCC2(CC1)CC(CC(=O)NC1CC1)CCO2. The van der Waals surface area contributed by atoms with Gasteiger partial charge < -0.3 is 14.6 Å². The lowest BCUT2D eigenvalue weighted by atomic mass is 9.78. The summed E-state index contributed by atoms with van der Waals surface area (Å²) in [5.74, 6) is 0.748. The molecule has 0 radical (unpaired) electrons. The average Bonchev–Trinajstić information content (AvgIpc) is 3.31. The fraction of sp³-hybridized carbons (Fsp3) is 0.750. The number of aryl methyl sites for hydroxylation is 1. The molecule has 1 N–H and O–H groups in total. The predicted molar refractivity (Wildman–Crippen MR) is 97.1 cm³/mol. The van der Waals surface area contributed by atoms with Gasteiger partial charge in [-0.3, -0.25) is 9.69 Å². The molecular weight excluding hydrogens is 314 g/mol. The van der Waals surface area contributed by atoms with Crippen molar-refractivity contribution in [2.75, 3.05) is 19.7 Å². The lowest BCUT2D eigenvalue weighted by molar-refractivity contribution is -0.136. The highest BCUT2D eigenvalue weighted by Crippen LogP contribution is 2.39. The molecule has 3 aliphatic rings. The Labute approximate surface area is 150 Å². The second kappa shape index (κ2) is 7.12. The molecule has 1 amide bonds. The van der Waals surface area contributed by atoms with E-state index in [0.29, 0.717) is 18.4 Å². The Hall–Kier alpha value is -1.33. The van der Waals surface area contributed by atoms with E-state index in [1.54, 1.807) is 0 Å². The molecule has 5 nitrogen and oxygen atoms in total. The van der Waals surface area contributed by atoms with Crippen LogP contribution in [0.3, 0.4) is 0 Å². The third kappa shape index (κ3) is 4.26. The van der Waals surface area contributed by atoms with Crippen LogP contribution < -0.4 is 5.32 Å². The Morgan fingerprint density at radius 3 is 2.80 bits per heavy atom. The Bertz CT molecular complexity index is 600. The van der Waals surface area contributed by atoms with Gasteiger partial charge in [-0.1, -0.05) is 0 Å². The molecule has 1 aromatic rings. The summed E-state index contributed by atoms with van der Waals surface area (Å²) in [6.45, 7) is 4.02. The maximum absolute atomic E-state index is 12.1. The first-order valence-corrected chi connectivity index (χ1v) is 9.88. The van der Waals surface area contributed by atoms with Crippen LogP contribution in [0.5, 0.6) is 0 Å². The number of ether oxygens (including phenoxy) is 1. The van der Waals surface area contributed by atoms with Crippen molar-refractivity contribution >= 4 is 5.91 Å². The van der Waals surface area contributed by atoms with Crippen molar-refractivity contribution in [2.24, 2.45) is 13.0 Å². The topological polar surface area (TPSA) is 46.5 Å². The van der Waals surface area contributed by atoms with E-state index in [1.165, 1.54) is 18.5 Å². The lowest BCUT2D eigenvalue weighted by Gasteiger charge is -2.46. The van der Waals surface area contributed by atoms with Gasteiger partial charge in [-0.2, -0.15) is 0 Å². The number of carbonyl (C=O) groups is 1. The molecule has 1 atom stereocenters. The molecule has 1 aromatic heterocycles. The molecule has 3 heterocycles. The van der Waals surface area contributed by atoms with Crippen LogP contribution >= 0.6 is 0 Å². The summed E-state index contributed by atoms with van der Waals surface area (Å²) in [6.07, 6.45) is 9.42. The zero-order chi connectivity index (χ0) is 17.3. The van der Waals surface area contributed by atoms with Gasteiger partial charge in [0, 0.05) is 57.6 Å². The van der Waals surface area contributed by atoms with E-state index >= 15 is 0 Å². The molecule has 3 fully saturated rings. The molecule has 5 heteroatoms. The van der Waals surface area contributed by atoms with Crippen LogP contribution in [0.25, 0.3) is 0 Å². The number of nitrogens with zero attached hydrogens (tertiary/aromatic N) is 2. The number of piperidine rings is 1. The first kappa shape index (κ1) is 17.1. The third-order valence-electron chi connectivity index (χ3n) is 6.22. The van der Waals surface area contributed by atoms with Crippen molar-refractivity contribution in [2.45, 2.75) is 63.1 Å². The minimum Gasteiger partial charge on any atom is -0.375 e. The van der Waals surface area contributed by atoms with Gasteiger partial charge in [-0.25, -0.2) is 0 Å². The standard InChI is InChI=1S/C20H31N3O2/c1-22-9-2-3-18(22)15-23-10-7-20(8-11-23)14-16(6-12-25-20)13-19(24)21-17-4-5-17/h2-3,9,16-17H,4-8,10-15H2,1H3,(H,21,24). The number of aromatic nitrogens is 1. The Morgan fingerprint density at radius 2 is 2.12 bits per heavy atom. The largest absolute Gasteiger partial charge is 0.375 e. The number of likely N-dealkylation sites (tertiary alicyclic amines) is 1. The van der Waals surface area contributed by atoms with Crippen molar-refractivity contribution in [3.05, 3.63) is 24.0 Å². The van der Waals surface area contributed by atoms with E-state index in [0.717, 1.165) is 51.9 Å². The molecule has 1 saturated carbocycles. The maximum Gasteiger partial charge on any atom is 0.220 e. The number of amides is 1. The van der Waals surface area contributed by atoms with Crippen molar-refractivity contribution in [3.8, 4) is 0 Å². The van der Waals surface area contributed by atoms with Crippen molar-refractivity contribution in [1.82, 2.24) is 14.8 Å². The van der Waals surface area contributed by atoms with Crippen molar-refractivity contribution < 1.29 is 9.53 Å². The van der Waals surface area contributed by atoms with Crippen LogP contribution in [0.2, 0.25) is 0 Å². The second-order valence-corrected chi connectivity index (χ2v) is 8.32. The molecule has 1 spiro atoms. The van der Waals surface area contributed by atoms with E-state index in [2.05, 4.69) is 40.2 Å². The van der Waals surface area contributed by atoms with Gasteiger partial charge >= 0.3 is 0 Å². The van der Waals surface area contributed by atoms with Gasteiger partial charge in [0.1, 0.15) is 0 Å². The minimum absolute atomic E-state index is 0.0213. The highest BCUT2D eigenvalue weighted by Gasteiger charge is 2.40. The lowest BCUT2D eigenvalue weighted by Crippen LogP contribution is -2.49. The summed E-state index contributed by atoms with van der Waals surface area (Å²) in [5, 5.41) is 3.14. The van der Waals surface area contributed by atoms with Gasteiger partial charge in [0.25, 0.3) is 0 Å². The first-order valence-electron chi connectivity index (χ1n) is 9.88. The summed E-state index contributed by atoms with van der Waals surface area (Å²) in [6, 6.07) is 4.79. The van der Waals surface area contributed by atoms with Gasteiger partial charge in [-0.05, 0) is 56.6 Å². The molecule has 2 saturated heterocycles. The Morgan fingerprint density at radius 1 is 1.32 bits per heavy atom. The van der Waals surface area contributed by atoms with Crippen LogP contribution in [0.4, 0.5) is 0 Å². The zero-order valence-corrected chi connectivity index (χ0v) is 15.4. The van der Waals surface area contributed by atoms with Crippen LogP contribution in [0.1, 0.15) is 50.6 Å². The van der Waals surface area contributed by atoms with Crippen LogP contribution in [-0.4, -0.2) is 46.7 Å². The van der Waals surface area contributed by atoms with E-state index in [4.69, 9.17) is 4.74 Å². The highest BCUT2D eigenvalue weighted by molar-refractivity contribution is 5.76. The molecule has 138 valence electrons. The number of carbonyl (C=O) groups excluding carboxylic acids is 1. The predicted octanol–water partition coefficient (Wildman–Crippen LogP) is 2.46. The van der Waals surface area contributed by atoms with E-state index in [1.807, 2.05) is 0 Å². The second-order valence-electron chi connectivity index (χ2n) is 8.32. The molecule has 4 rings (SSSR count). The molecular formula is C20H31N3O2. The number of rotatable bonds is 5. The molecule has 1 aliphatic carbocycles. The Kier molecular flexibility index (Phi) is 4.87. The summed E-state index contributed by atoms with van der Waals surface area (Å²) in [7, 11) is 2.11. The molecule has 2 aliphatic heterocycles. The van der Waals surface area contributed by atoms with Gasteiger partial charge in [0.2, 0.25) is 5.91 Å². The summed E-state index contributed by atoms with van der Waals surface area (Å²) in [5.41, 5.74) is 1.39. The van der Waals surface area contributed by atoms with E-state index < -0.39 is 0 Å². The third-order valence-corrected chi connectivity index (χ3v) is 6.22. The normalized spacial score (nSPS) is 26.7. The number of hydrogen-bond donors (Lipinski definition) is 1. The average molecular weight is 345 g/mol. The fourth-order valence-electron chi connectivity index (χ4n) is 4.44. The van der Waals surface area contributed by atoms with E-state index in [-0.39, 0.29) is 11.5 Å². The van der Waals surface area contributed by atoms with Crippen molar-refractivity contribution in [1.29, 1.82) is 0 Å². The van der Waals surface area contributed by atoms with Crippen LogP contribution in [0.15, 0.2) is 18.3 Å². The number of nitrogens with one attached hydrogen (secondary N) is 1. The molecule has 1 unspecified atom stereocenters. The smallest absolute Gasteiger partial charge is 0.220 e. The van der Waals surface area contributed by atoms with Crippen LogP contribution in [0, 0.1) is 5.92 Å². The molecule has 25 heavy (non-hydrogen) atoms. The maximum atomic E-state index is 12.1. The minimum atomic E-state index is 0.0213. The zero-order valence-electron chi connectivity index (χ0n) is 15.4. The Balaban J connectivity index is 1.27. The van der Waals surface area contributed by atoms with Crippen molar-refractivity contribution in [3.63, 3.8) is 0 Å². The summed E-state index contributed by atoms with van der Waals surface area (Å²) >= 11 is 0. The van der Waals surface area contributed by atoms with Gasteiger partial charge in [0.15, 0.2) is 0 Å². The summed E-state index contributed by atoms with van der Waals surface area (Å²) < 4.78 is 8.46. The fourth-order valence-corrected chi connectivity index (χ4v) is 4.44.